The summed E-state index contributed by atoms with van der Waals surface area (Å²) in [6, 6.07) is 9.36. The average molecular weight is 395 g/mol. The third kappa shape index (κ3) is 5.14. The number of rotatable bonds is 7. The van der Waals surface area contributed by atoms with Crippen molar-refractivity contribution in [3.05, 3.63) is 58.1 Å². The van der Waals surface area contributed by atoms with Gasteiger partial charge in [-0.25, -0.2) is 8.42 Å². The molecule has 0 atom stereocenters. The highest BCUT2D eigenvalue weighted by Gasteiger charge is 2.20. The number of thioether (sulfide) groups is 1. The van der Waals surface area contributed by atoms with E-state index in [9.17, 15) is 28.1 Å². The summed E-state index contributed by atoms with van der Waals surface area (Å²) in [5.74, 6) is -0.618. The van der Waals surface area contributed by atoms with E-state index in [1.54, 1.807) is 0 Å². The van der Waals surface area contributed by atoms with Crippen molar-refractivity contribution in [2.75, 3.05) is 12.0 Å². The second-order valence-electron chi connectivity index (χ2n) is 5.11. The molecule has 26 heavy (non-hydrogen) atoms. The van der Waals surface area contributed by atoms with Gasteiger partial charge in [0.25, 0.3) is 5.69 Å². The summed E-state index contributed by atoms with van der Waals surface area (Å²) in [4.78, 5) is 32.9. The zero-order valence-corrected chi connectivity index (χ0v) is 15.1. The van der Waals surface area contributed by atoms with E-state index in [1.807, 2.05) is 0 Å². The lowest BCUT2D eigenvalue weighted by atomic mass is 10.2. The van der Waals surface area contributed by atoms with Gasteiger partial charge in [0.2, 0.25) is 0 Å². The Morgan fingerprint density at radius 3 is 2.42 bits per heavy atom. The molecule has 0 radical (unpaired) electrons. The molecule has 0 saturated carbocycles. The van der Waals surface area contributed by atoms with E-state index in [0.29, 0.717) is 11.8 Å². The Labute approximate surface area is 153 Å². The second-order valence-corrected chi connectivity index (χ2v) is 8.14. The summed E-state index contributed by atoms with van der Waals surface area (Å²) in [5.41, 5.74) is 0.0295. The van der Waals surface area contributed by atoms with Crippen molar-refractivity contribution in [2.24, 2.45) is 0 Å². The summed E-state index contributed by atoms with van der Waals surface area (Å²) in [7, 11) is -3.58. The first-order valence-corrected chi connectivity index (χ1v) is 9.95. The first kappa shape index (κ1) is 19.6. The monoisotopic (exact) mass is 395 g/mol. The van der Waals surface area contributed by atoms with Crippen LogP contribution in [0.5, 0.6) is 5.75 Å². The van der Waals surface area contributed by atoms with Gasteiger partial charge in [-0.05, 0) is 36.4 Å². The number of hydrogen-bond acceptors (Lipinski definition) is 8. The van der Waals surface area contributed by atoms with Gasteiger partial charge in [-0.1, -0.05) is 0 Å². The van der Waals surface area contributed by atoms with Crippen LogP contribution in [0.15, 0.2) is 52.3 Å². The molecule has 0 heterocycles. The number of nitro benzene ring substituents is 1. The molecule has 0 aromatic heterocycles. The smallest absolute Gasteiger partial charge is 0.321 e. The molecule has 0 aliphatic heterocycles. The molecule has 0 N–H and O–H groups in total. The fourth-order valence-corrected chi connectivity index (χ4v) is 3.32. The molecule has 0 unspecified atom stereocenters. The maximum atomic E-state index is 11.9. The van der Waals surface area contributed by atoms with E-state index in [0.717, 1.165) is 24.1 Å². The van der Waals surface area contributed by atoms with Gasteiger partial charge in [0, 0.05) is 17.9 Å². The molecule has 10 heteroatoms. The van der Waals surface area contributed by atoms with Crippen LogP contribution in [0.25, 0.3) is 0 Å². The molecular weight excluding hydrogens is 382 g/mol. The lowest BCUT2D eigenvalue weighted by Crippen LogP contribution is -2.11. The standard InChI is InChI=1S/C16H13NO7S2/c1-26(22,23)13-6-7-15(14(8-13)17(20)21)25-10-16(19)24-12-4-2-11(9-18)3-5-12/h2-9H,10H2,1H3. The van der Waals surface area contributed by atoms with E-state index in [2.05, 4.69) is 0 Å². The highest BCUT2D eigenvalue weighted by atomic mass is 32.2. The number of benzene rings is 2. The maximum Gasteiger partial charge on any atom is 0.321 e. The van der Waals surface area contributed by atoms with Crippen LogP contribution in [0.2, 0.25) is 0 Å². The predicted octanol–water partition coefficient (Wildman–Crippen LogP) is 2.51. The third-order valence-corrected chi connectivity index (χ3v) is 5.30. The molecule has 2 rings (SSSR count). The zero-order valence-electron chi connectivity index (χ0n) is 13.4. The Hall–Kier alpha value is -2.72. The van der Waals surface area contributed by atoms with E-state index in [-0.39, 0.29) is 21.3 Å². The van der Waals surface area contributed by atoms with Crippen LogP contribution < -0.4 is 4.74 Å². The lowest BCUT2D eigenvalue weighted by molar-refractivity contribution is -0.388. The van der Waals surface area contributed by atoms with Crippen LogP contribution in [0.4, 0.5) is 5.69 Å². The van der Waals surface area contributed by atoms with Crippen LogP contribution in [-0.4, -0.2) is 37.6 Å². The molecule has 8 nitrogen and oxygen atoms in total. The fourth-order valence-electron chi connectivity index (χ4n) is 1.90. The molecule has 136 valence electrons. The Morgan fingerprint density at radius 1 is 1.23 bits per heavy atom. The summed E-state index contributed by atoms with van der Waals surface area (Å²) in [5, 5.41) is 11.1. The first-order valence-electron chi connectivity index (χ1n) is 7.08. The molecule has 0 fully saturated rings. The van der Waals surface area contributed by atoms with Crippen molar-refractivity contribution < 1.29 is 27.7 Å². The summed E-state index contributed by atoms with van der Waals surface area (Å²) in [6.45, 7) is 0. The number of hydrogen-bond donors (Lipinski definition) is 0. The third-order valence-electron chi connectivity index (χ3n) is 3.15. The van der Waals surface area contributed by atoms with Crippen LogP contribution in [-0.2, 0) is 14.6 Å². The molecule has 2 aromatic rings. The van der Waals surface area contributed by atoms with Crippen molar-refractivity contribution in [3.63, 3.8) is 0 Å². The number of esters is 1. The normalized spacial score (nSPS) is 11.0. The Balaban J connectivity index is 2.09. The molecular formula is C16H13NO7S2. The van der Waals surface area contributed by atoms with Crippen LogP contribution in [0.1, 0.15) is 10.4 Å². The Bertz CT molecular complexity index is 953. The molecule has 0 aliphatic rings. The number of carbonyl (C=O) groups excluding carboxylic acids is 2. The minimum atomic E-state index is -3.58. The van der Waals surface area contributed by atoms with Gasteiger partial charge in [-0.3, -0.25) is 19.7 Å². The average Bonchev–Trinajstić information content (AvgIpc) is 2.59. The molecule has 2 aromatic carbocycles. The number of nitro groups is 1. The fraction of sp³-hybridized carbons (Fsp3) is 0.125. The highest BCUT2D eigenvalue weighted by Crippen LogP contribution is 2.31. The number of nitrogens with zero attached hydrogens (tertiary/aromatic N) is 1. The van der Waals surface area contributed by atoms with Crippen molar-refractivity contribution in [3.8, 4) is 5.75 Å². The Morgan fingerprint density at radius 2 is 1.88 bits per heavy atom. The maximum absolute atomic E-state index is 11.9. The lowest BCUT2D eigenvalue weighted by Gasteiger charge is -2.06. The zero-order chi connectivity index (χ0) is 19.3. The van der Waals surface area contributed by atoms with Crippen molar-refractivity contribution in [2.45, 2.75) is 9.79 Å². The van der Waals surface area contributed by atoms with Gasteiger partial charge in [-0.2, -0.15) is 0 Å². The molecule has 0 bridgehead atoms. The van der Waals surface area contributed by atoms with Gasteiger partial charge in [-0.15, -0.1) is 11.8 Å². The summed E-state index contributed by atoms with van der Waals surface area (Å²) in [6.07, 6.45) is 1.60. The van der Waals surface area contributed by atoms with Gasteiger partial charge >= 0.3 is 5.97 Å². The van der Waals surface area contributed by atoms with Crippen molar-refractivity contribution in [1.82, 2.24) is 0 Å². The van der Waals surface area contributed by atoms with Crippen LogP contribution >= 0.6 is 11.8 Å². The van der Waals surface area contributed by atoms with Crippen LogP contribution in [0, 0.1) is 10.1 Å². The number of carbonyl (C=O) groups is 2. The summed E-state index contributed by atoms with van der Waals surface area (Å²) >= 11 is 0.863. The molecule has 0 amide bonds. The van der Waals surface area contributed by atoms with E-state index < -0.39 is 26.4 Å². The summed E-state index contributed by atoms with van der Waals surface area (Å²) < 4.78 is 28.1. The first-order chi connectivity index (χ1) is 12.2. The van der Waals surface area contributed by atoms with Gasteiger partial charge in [0.1, 0.15) is 12.0 Å². The number of aldehydes is 1. The van der Waals surface area contributed by atoms with E-state index in [4.69, 9.17) is 4.74 Å². The SMILES string of the molecule is CS(=O)(=O)c1ccc(SCC(=O)Oc2ccc(C=O)cc2)c([N+](=O)[O-])c1. The minimum absolute atomic E-state index is 0.149. The van der Waals surface area contributed by atoms with Crippen LogP contribution in [0.3, 0.4) is 0 Å². The largest absolute Gasteiger partial charge is 0.426 e. The number of ether oxygens (including phenoxy) is 1. The highest BCUT2D eigenvalue weighted by molar-refractivity contribution is 8.00. The van der Waals surface area contributed by atoms with E-state index in [1.165, 1.54) is 36.4 Å². The van der Waals surface area contributed by atoms with Crippen molar-refractivity contribution in [1.29, 1.82) is 0 Å². The minimum Gasteiger partial charge on any atom is -0.426 e. The quantitative estimate of drug-likeness (QED) is 0.175. The van der Waals surface area contributed by atoms with Gasteiger partial charge < -0.3 is 4.74 Å². The second kappa shape index (κ2) is 8.11. The van der Waals surface area contributed by atoms with Crippen molar-refractivity contribution >= 4 is 39.5 Å². The topological polar surface area (TPSA) is 121 Å². The molecule has 0 saturated heterocycles. The molecule has 0 aliphatic carbocycles. The van der Waals surface area contributed by atoms with E-state index >= 15 is 0 Å². The Kier molecular flexibility index (Phi) is 6.11. The van der Waals surface area contributed by atoms with Gasteiger partial charge in [0.05, 0.1) is 20.5 Å². The number of sulfone groups is 1. The van der Waals surface area contributed by atoms with Gasteiger partial charge in [0.15, 0.2) is 9.84 Å². The molecule has 0 spiro atoms. The predicted molar refractivity (Wildman–Crippen MR) is 94.4 cm³/mol.